The number of halogens is 1. The third-order valence-corrected chi connectivity index (χ3v) is 4.16. The van der Waals surface area contributed by atoms with Crippen LogP contribution < -0.4 is 0 Å². The molecular formula is C11H14BrNO3S. The van der Waals surface area contributed by atoms with Gasteiger partial charge in [-0.15, -0.1) is 11.3 Å². The van der Waals surface area contributed by atoms with Crippen molar-refractivity contribution in [1.82, 2.24) is 4.90 Å². The molecule has 0 unspecified atom stereocenters. The molecule has 1 rings (SSSR count). The highest BCUT2D eigenvalue weighted by molar-refractivity contribution is 9.11. The van der Waals surface area contributed by atoms with Crippen molar-refractivity contribution in [3.05, 3.63) is 20.8 Å². The van der Waals surface area contributed by atoms with Gasteiger partial charge in [0.1, 0.15) is 5.54 Å². The molecule has 1 heterocycles. The van der Waals surface area contributed by atoms with E-state index in [-0.39, 0.29) is 5.91 Å². The Morgan fingerprint density at radius 1 is 1.47 bits per heavy atom. The van der Waals surface area contributed by atoms with E-state index in [0.29, 0.717) is 11.4 Å². The van der Waals surface area contributed by atoms with Gasteiger partial charge < -0.3 is 10.0 Å². The van der Waals surface area contributed by atoms with Gasteiger partial charge >= 0.3 is 5.97 Å². The van der Waals surface area contributed by atoms with Crippen LogP contribution in [0.25, 0.3) is 0 Å². The van der Waals surface area contributed by atoms with Crippen molar-refractivity contribution in [1.29, 1.82) is 0 Å². The minimum absolute atomic E-state index is 0.254. The lowest BCUT2D eigenvalue weighted by atomic mass is 10.0. The number of aliphatic carboxylic acids is 1. The molecule has 1 amide bonds. The zero-order valence-corrected chi connectivity index (χ0v) is 12.3. The van der Waals surface area contributed by atoms with Crippen LogP contribution in [0.15, 0.2) is 15.9 Å². The summed E-state index contributed by atoms with van der Waals surface area (Å²) < 4.78 is 0.852. The maximum atomic E-state index is 12.2. The molecule has 94 valence electrons. The van der Waals surface area contributed by atoms with Gasteiger partial charge in [0, 0.05) is 6.54 Å². The number of carbonyl (C=O) groups excluding carboxylic acids is 1. The maximum absolute atomic E-state index is 12.2. The summed E-state index contributed by atoms with van der Waals surface area (Å²) in [6, 6.07) is 3.47. The standard InChI is InChI=1S/C11H14BrNO3S/c1-4-13(11(2,3)10(15)16)9(14)7-5-6-8(12)17-7/h5-6H,4H2,1-3H3,(H,15,16). The second-order valence-electron chi connectivity index (χ2n) is 4.02. The number of carboxylic acid groups (broad SMARTS) is 1. The largest absolute Gasteiger partial charge is 0.480 e. The zero-order chi connectivity index (χ0) is 13.2. The number of thiophene rings is 1. The first-order chi connectivity index (χ1) is 7.80. The van der Waals surface area contributed by atoms with Gasteiger partial charge in [0.2, 0.25) is 0 Å². The molecule has 6 heteroatoms. The van der Waals surface area contributed by atoms with Gasteiger partial charge in [0.05, 0.1) is 8.66 Å². The molecule has 4 nitrogen and oxygen atoms in total. The van der Waals surface area contributed by atoms with Crippen molar-refractivity contribution in [3.63, 3.8) is 0 Å². The molecule has 0 aliphatic carbocycles. The van der Waals surface area contributed by atoms with Crippen LogP contribution in [0.4, 0.5) is 0 Å². The number of nitrogens with zero attached hydrogens (tertiary/aromatic N) is 1. The van der Waals surface area contributed by atoms with Crippen molar-refractivity contribution >= 4 is 39.1 Å². The summed E-state index contributed by atoms with van der Waals surface area (Å²) in [4.78, 5) is 25.2. The molecule has 0 fully saturated rings. The SMILES string of the molecule is CCN(C(=O)c1ccc(Br)s1)C(C)(C)C(=O)O. The molecule has 0 atom stereocenters. The average molecular weight is 320 g/mol. The van der Waals surface area contributed by atoms with Crippen LogP contribution in [0.1, 0.15) is 30.4 Å². The molecule has 0 aromatic carbocycles. The Morgan fingerprint density at radius 2 is 2.06 bits per heavy atom. The van der Waals surface area contributed by atoms with Gasteiger partial charge in [0.25, 0.3) is 5.91 Å². The molecule has 0 bridgehead atoms. The molecule has 1 aromatic rings. The summed E-state index contributed by atoms with van der Waals surface area (Å²) in [5.41, 5.74) is -1.21. The summed E-state index contributed by atoms with van der Waals surface area (Å²) in [6.07, 6.45) is 0. The highest BCUT2D eigenvalue weighted by atomic mass is 79.9. The molecule has 1 N–H and O–H groups in total. The van der Waals surface area contributed by atoms with Gasteiger partial charge in [-0.2, -0.15) is 0 Å². The summed E-state index contributed by atoms with van der Waals surface area (Å²) >= 11 is 4.58. The Hall–Kier alpha value is -0.880. The van der Waals surface area contributed by atoms with Crippen molar-refractivity contribution in [2.24, 2.45) is 0 Å². The monoisotopic (exact) mass is 319 g/mol. The van der Waals surface area contributed by atoms with Crippen LogP contribution in [-0.4, -0.2) is 34.0 Å². The first-order valence-corrected chi connectivity index (χ1v) is 6.72. The van der Waals surface area contributed by atoms with Crippen LogP contribution in [0.5, 0.6) is 0 Å². The van der Waals surface area contributed by atoms with Gasteiger partial charge in [-0.25, -0.2) is 4.79 Å². The minimum atomic E-state index is -1.21. The van der Waals surface area contributed by atoms with E-state index in [2.05, 4.69) is 15.9 Å². The smallest absolute Gasteiger partial charge is 0.329 e. The van der Waals surface area contributed by atoms with Crippen molar-refractivity contribution in [2.75, 3.05) is 6.54 Å². The van der Waals surface area contributed by atoms with Gasteiger partial charge in [0.15, 0.2) is 0 Å². The van der Waals surface area contributed by atoms with Crippen molar-refractivity contribution in [2.45, 2.75) is 26.3 Å². The van der Waals surface area contributed by atoms with Gasteiger partial charge in [-0.05, 0) is 48.8 Å². The lowest BCUT2D eigenvalue weighted by Crippen LogP contribution is -2.52. The van der Waals surface area contributed by atoms with E-state index in [4.69, 9.17) is 5.11 Å². The van der Waals surface area contributed by atoms with E-state index in [1.807, 2.05) is 0 Å². The Bertz CT molecular complexity index is 442. The molecule has 0 spiro atoms. The molecule has 1 aromatic heterocycles. The minimum Gasteiger partial charge on any atom is -0.480 e. The van der Waals surface area contributed by atoms with Crippen LogP contribution in [0.3, 0.4) is 0 Å². The number of rotatable bonds is 4. The quantitative estimate of drug-likeness (QED) is 0.928. The molecule has 0 saturated carbocycles. The summed E-state index contributed by atoms with van der Waals surface area (Å²) in [5, 5.41) is 9.14. The highest BCUT2D eigenvalue weighted by Crippen LogP contribution is 2.26. The normalized spacial score (nSPS) is 11.3. The van der Waals surface area contributed by atoms with Crippen LogP contribution in [0.2, 0.25) is 0 Å². The van der Waals surface area contributed by atoms with Crippen LogP contribution >= 0.6 is 27.3 Å². The van der Waals surface area contributed by atoms with Crippen LogP contribution in [-0.2, 0) is 4.79 Å². The Labute approximate surface area is 112 Å². The van der Waals surface area contributed by atoms with E-state index in [9.17, 15) is 9.59 Å². The number of hydrogen-bond acceptors (Lipinski definition) is 3. The van der Waals surface area contributed by atoms with E-state index < -0.39 is 11.5 Å². The average Bonchev–Trinajstić information content (AvgIpc) is 2.65. The van der Waals surface area contributed by atoms with Gasteiger partial charge in [-0.1, -0.05) is 0 Å². The third kappa shape index (κ3) is 2.87. The Kier molecular flexibility index (Phi) is 4.32. The highest BCUT2D eigenvalue weighted by Gasteiger charge is 2.37. The topological polar surface area (TPSA) is 57.6 Å². The zero-order valence-electron chi connectivity index (χ0n) is 9.86. The molecular weight excluding hydrogens is 306 g/mol. The Morgan fingerprint density at radius 3 is 2.41 bits per heavy atom. The second kappa shape index (κ2) is 5.18. The number of carbonyl (C=O) groups is 2. The lowest BCUT2D eigenvalue weighted by Gasteiger charge is -2.33. The predicted octanol–water partition coefficient (Wildman–Crippen LogP) is 2.84. The van der Waals surface area contributed by atoms with Crippen molar-refractivity contribution in [3.8, 4) is 0 Å². The first kappa shape index (κ1) is 14.2. The second-order valence-corrected chi connectivity index (χ2v) is 6.48. The van der Waals surface area contributed by atoms with E-state index >= 15 is 0 Å². The molecule has 0 saturated heterocycles. The first-order valence-electron chi connectivity index (χ1n) is 5.11. The van der Waals surface area contributed by atoms with Crippen LogP contribution in [0, 0.1) is 0 Å². The molecule has 0 radical (unpaired) electrons. The number of amides is 1. The molecule has 17 heavy (non-hydrogen) atoms. The molecule has 0 aliphatic rings. The Balaban J connectivity index is 3.04. The van der Waals surface area contributed by atoms with E-state index in [0.717, 1.165) is 3.79 Å². The number of carboxylic acids is 1. The third-order valence-electron chi connectivity index (χ3n) is 2.54. The fourth-order valence-electron chi connectivity index (χ4n) is 1.47. The fraction of sp³-hybridized carbons (Fsp3) is 0.455. The summed E-state index contributed by atoms with van der Waals surface area (Å²) in [6.45, 7) is 5.18. The lowest BCUT2D eigenvalue weighted by molar-refractivity contribution is -0.147. The van der Waals surface area contributed by atoms with Gasteiger partial charge in [-0.3, -0.25) is 4.79 Å². The predicted molar refractivity (Wildman–Crippen MR) is 70.4 cm³/mol. The summed E-state index contributed by atoms with van der Waals surface area (Å²) in [7, 11) is 0. The van der Waals surface area contributed by atoms with E-state index in [1.165, 1.54) is 30.1 Å². The van der Waals surface area contributed by atoms with Crippen molar-refractivity contribution < 1.29 is 14.7 Å². The molecule has 0 aliphatic heterocycles. The fourth-order valence-corrected chi connectivity index (χ4v) is 2.81. The number of likely N-dealkylation sites (N-methyl/N-ethyl adjacent to an activating group) is 1. The van der Waals surface area contributed by atoms with E-state index in [1.54, 1.807) is 19.1 Å². The summed E-state index contributed by atoms with van der Waals surface area (Å²) in [5.74, 6) is -1.26. The number of hydrogen-bond donors (Lipinski definition) is 1. The maximum Gasteiger partial charge on any atom is 0.329 e.